The van der Waals surface area contributed by atoms with Crippen LogP contribution in [0, 0.1) is 39.9 Å². The van der Waals surface area contributed by atoms with Crippen molar-refractivity contribution in [1.82, 2.24) is 30.6 Å². The molecule has 3 heterocycles. The SMILES string of the molecule is O.O.O=C(O)c1cc(C(=O)[O-])[nH]n1.O=C(O)c1cc(C(=O)[O-])[nH]n1.O=C([O-])c1cc(C(=O)O)[n-]n1.[Th]. The molecule has 0 aromatic carbocycles. The molecule has 3 rings (SSSR count). The fraction of sp³-hybridized carbons (Fsp3) is 0. The number of carboxylic acids is 6. The van der Waals surface area contributed by atoms with E-state index in [9.17, 15) is 44.1 Å². The van der Waals surface area contributed by atoms with Crippen molar-refractivity contribution in [2.45, 2.75) is 0 Å². The van der Waals surface area contributed by atoms with Crippen molar-refractivity contribution in [3.8, 4) is 0 Å². The summed E-state index contributed by atoms with van der Waals surface area (Å²) in [5, 5.41) is 71.5. The maximum atomic E-state index is 10.1. The summed E-state index contributed by atoms with van der Waals surface area (Å²) < 4.78 is 0. The molecule has 0 bridgehead atoms. The molecule has 20 nitrogen and oxygen atoms in total. The first-order valence-corrected chi connectivity index (χ1v) is 7.78. The zero-order chi connectivity index (χ0) is 25.3. The molecule has 0 amide bonds. The van der Waals surface area contributed by atoms with Crippen LogP contribution in [0.2, 0.25) is 0 Å². The van der Waals surface area contributed by atoms with Gasteiger partial charge in [0.2, 0.25) is 0 Å². The summed E-state index contributed by atoms with van der Waals surface area (Å²) in [6.07, 6.45) is 0. The smallest absolute Gasteiger partial charge is 0.356 e. The van der Waals surface area contributed by atoms with Gasteiger partial charge in [-0.1, -0.05) is 0 Å². The molecule has 0 saturated heterocycles. The molecule has 0 unspecified atom stereocenters. The molecule has 9 N–H and O–H groups in total. The molecule has 0 atom stereocenters. The van der Waals surface area contributed by atoms with E-state index in [1.807, 2.05) is 10.2 Å². The Morgan fingerprint density at radius 3 is 1.22 bits per heavy atom. The summed E-state index contributed by atoms with van der Waals surface area (Å²) in [6.45, 7) is 0. The summed E-state index contributed by atoms with van der Waals surface area (Å²) in [4.78, 5) is 60.6. The average Bonchev–Trinajstić information content (AvgIpc) is 3.49. The van der Waals surface area contributed by atoms with Crippen molar-refractivity contribution in [2.75, 3.05) is 0 Å². The number of hydrogen-bond acceptors (Lipinski definition) is 12. The van der Waals surface area contributed by atoms with E-state index < -0.39 is 47.2 Å². The second kappa shape index (κ2) is 16.3. The molecular weight excluding hydrogens is 720 g/mol. The van der Waals surface area contributed by atoms with Crippen LogP contribution in [0.15, 0.2) is 18.2 Å². The van der Waals surface area contributed by atoms with Crippen LogP contribution in [-0.2, 0) is 0 Å². The Morgan fingerprint density at radius 2 is 1.06 bits per heavy atom. The van der Waals surface area contributed by atoms with Gasteiger partial charge in [-0.2, -0.15) is 10.2 Å². The van der Waals surface area contributed by atoms with Crippen molar-refractivity contribution >= 4 is 35.8 Å². The van der Waals surface area contributed by atoms with E-state index in [1.54, 1.807) is 0 Å². The number of H-pyrrole nitrogens is 2. The molecule has 36 heavy (non-hydrogen) atoms. The second-order valence-corrected chi connectivity index (χ2v) is 5.23. The predicted molar refractivity (Wildman–Crippen MR) is 95.8 cm³/mol. The van der Waals surface area contributed by atoms with Crippen LogP contribution < -0.4 is 20.4 Å². The molecule has 194 valence electrons. The number of carbonyl (C=O) groups excluding carboxylic acids is 3. The summed E-state index contributed by atoms with van der Waals surface area (Å²) in [7, 11) is 0. The number of carboxylic acid groups (broad SMARTS) is 6. The Balaban J connectivity index is -0.000000436. The van der Waals surface area contributed by atoms with Gasteiger partial charge in [0.05, 0.1) is 35.0 Å². The number of aromatic amines is 2. The van der Waals surface area contributed by atoms with E-state index in [-0.39, 0.29) is 73.7 Å². The number of rotatable bonds is 6. The van der Waals surface area contributed by atoms with E-state index in [1.165, 1.54) is 0 Å². The van der Waals surface area contributed by atoms with Gasteiger partial charge in [0.15, 0.2) is 11.4 Å². The Labute approximate surface area is 228 Å². The molecule has 0 aliphatic rings. The van der Waals surface area contributed by atoms with Crippen molar-refractivity contribution in [3.63, 3.8) is 0 Å². The zero-order valence-corrected chi connectivity index (χ0v) is 21.1. The third-order valence-electron chi connectivity index (χ3n) is 3.00. The standard InChI is InChI=1S/3C5H4N2O4.2H2O.Th/c3*8-4(9)2-1-3(5(10)11)7-6-2;;;/h2*1H,(H,6,7)(H,8,9)(H,10,11);1H,(H3,6,7,8,9,10,11);2*1H2;/p-4. The predicted octanol–water partition coefficient (Wildman–Crippen LogP) is -6.61. The second-order valence-electron chi connectivity index (χ2n) is 5.23. The Morgan fingerprint density at radius 1 is 0.667 bits per heavy atom. The van der Waals surface area contributed by atoms with Crippen molar-refractivity contribution in [3.05, 3.63) is 52.4 Å². The summed E-state index contributed by atoms with van der Waals surface area (Å²) in [5.74, 6) is -8.38. The van der Waals surface area contributed by atoms with Gasteiger partial charge >= 0.3 is 17.9 Å². The molecule has 0 fully saturated rings. The summed E-state index contributed by atoms with van der Waals surface area (Å²) in [5.41, 5.74) is -2.25. The first-order valence-electron chi connectivity index (χ1n) is 7.78. The molecule has 0 radical (unpaired) electrons. The minimum Gasteiger partial charge on any atom is -0.569 e. The first kappa shape index (κ1) is 36.3. The maximum Gasteiger partial charge on any atom is 0.356 e. The fourth-order valence-corrected chi connectivity index (χ4v) is 1.57. The van der Waals surface area contributed by atoms with Crippen LogP contribution in [0.5, 0.6) is 0 Å². The van der Waals surface area contributed by atoms with Gasteiger partial charge in [-0.05, 0) is 23.9 Å². The Kier molecular flexibility index (Phi) is 16.5. The van der Waals surface area contributed by atoms with Crippen molar-refractivity contribution in [1.29, 1.82) is 0 Å². The molecule has 0 saturated carbocycles. The number of aromatic nitrogens is 6. The van der Waals surface area contributed by atoms with Gasteiger partial charge in [-0.15, -0.1) is 0 Å². The van der Waals surface area contributed by atoms with E-state index in [4.69, 9.17) is 15.3 Å². The normalized spacial score (nSPS) is 8.67. The van der Waals surface area contributed by atoms with Crippen LogP contribution in [0.1, 0.15) is 62.9 Å². The minimum absolute atomic E-state index is 0. The minimum atomic E-state index is -1.54. The average molecular weight is 732 g/mol. The van der Waals surface area contributed by atoms with Gasteiger partial charge in [0, 0.05) is 39.9 Å². The molecule has 0 aliphatic carbocycles. The Bertz CT molecular complexity index is 981. The summed E-state index contributed by atoms with van der Waals surface area (Å²) >= 11 is 0. The van der Waals surface area contributed by atoms with Crippen LogP contribution >= 0.6 is 0 Å². The number of hydrogen-bond donors (Lipinski definition) is 5. The fourth-order valence-electron chi connectivity index (χ4n) is 1.57. The number of carbonyl (C=O) groups is 6. The van der Waals surface area contributed by atoms with E-state index >= 15 is 0 Å². The summed E-state index contributed by atoms with van der Waals surface area (Å²) in [6, 6.07) is 2.60. The van der Waals surface area contributed by atoms with Crippen LogP contribution in [0.3, 0.4) is 0 Å². The van der Waals surface area contributed by atoms with Crippen LogP contribution in [0.25, 0.3) is 0 Å². The Hall–Kier alpha value is -4.31. The molecule has 0 spiro atoms. The quantitative estimate of drug-likeness (QED) is 0.157. The van der Waals surface area contributed by atoms with Gasteiger partial charge in [-0.3, -0.25) is 10.2 Å². The molecular formula is C15H12N6O14Th-4. The topological polar surface area (TPSA) is 380 Å². The largest absolute Gasteiger partial charge is 0.569 e. The third-order valence-corrected chi connectivity index (χ3v) is 3.00. The molecule has 3 aromatic rings. The van der Waals surface area contributed by atoms with Gasteiger partial charge in [0.25, 0.3) is 0 Å². The van der Waals surface area contributed by atoms with Gasteiger partial charge < -0.3 is 66.2 Å². The zero-order valence-electron chi connectivity index (χ0n) is 17.0. The van der Waals surface area contributed by atoms with Crippen molar-refractivity contribution < 1.29 is 110 Å². The van der Waals surface area contributed by atoms with Crippen LogP contribution in [-0.4, -0.2) is 87.6 Å². The van der Waals surface area contributed by atoms with E-state index in [0.29, 0.717) is 0 Å². The monoisotopic (exact) mass is 732 g/mol. The first-order chi connectivity index (χ1) is 15.3. The maximum absolute atomic E-state index is 10.1. The van der Waals surface area contributed by atoms with Gasteiger partial charge in [0.1, 0.15) is 0 Å². The number of aromatic carboxylic acids is 6. The van der Waals surface area contributed by atoms with E-state index in [0.717, 1.165) is 18.2 Å². The molecule has 21 heteroatoms. The van der Waals surface area contributed by atoms with Crippen molar-refractivity contribution in [2.24, 2.45) is 0 Å². The van der Waals surface area contributed by atoms with Gasteiger partial charge in [-0.25, -0.2) is 14.4 Å². The number of nitrogens with zero attached hydrogens (tertiary/aromatic N) is 4. The van der Waals surface area contributed by atoms with E-state index in [2.05, 4.69) is 20.4 Å². The third kappa shape index (κ3) is 11.2. The number of nitrogens with one attached hydrogen (secondary N) is 2. The molecule has 0 aliphatic heterocycles. The van der Waals surface area contributed by atoms with Crippen LogP contribution in [0.4, 0.5) is 0 Å². The molecule has 3 aromatic heterocycles.